The molecule has 1 fully saturated rings. The third kappa shape index (κ3) is 4.22. The van der Waals surface area contributed by atoms with E-state index in [2.05, 4.69) is 4.98 Å². The second kappa shape index (κ2) is 8.52. The molecule has 0 atom stereocenters. The van der Waals surface area contributed by atoms with E-state index in [-0.39, 0.29) is 27.9 Å². The number of ether oxygens (including phenoxy) is 1. The highest BCUT2D eigenvalue weighted by Gasteiger charge is 2.23. The van der Waals surface area contributed by atoms with Crippen molar-refractivity contribution in [3.63, 3.8) is 0 Å². The van der Waals surface area contributed by atoms with E-state index < -0.39 is 25.4 Å². The fourth-order valence-corrected chi connectivity index (χ4v) is 2.97. The average molecular weight is 411 g/mol. The van der Waals surface area contributed by atoms with Crippen LogP contribution in [0.5, 0.6) is 5.75 Å². The van der Waals surface area contributed by atoms with Gasteiger partial charge in [-0.2, -0.15) is 0 Å². The van der Waals surface area contributed by atoms with Crippen molar-refractivity contribution in [2.45, 2.75) is 12.5 Å². The van der Waals surface area contributed by atoms with Crippen LogP contribution >= 0.6 is 11.6 Å². The van der Waals surface area contributed by atoms with Crippen LogP contribution in [0.3, 0.4) is 0 Å². The summed E-state index contributed by atoms with van der Waals surface area (Å²) in [6.45, 7) is -0.751. The molecule has 1 aromatic heterocycles. The molecule has 0 unspecified atom stereocenters. The van der Waals surface area contributed by atoms with E-state index in [0.29, 0.717) is 24.2 Å². The molecule has 0 bridgehead atoms. The monoisotopic (exact) mass is 410 g/mol. The van der Waals surface area contributed by atoms with E-state index in [1.54, 1.807) is 4.90 Å². The Morgan fingerprint density at radius 2 is 1.89 bits per heavy atom. The molecule has 0 aliphatic carbocycles. The van der Waals surface area contributed by atoms with Crippen LogP contribution in [0, 0.1) is 0 Å². The molecule has 9 heteroatoms. The summed E-state index contributed by atoms with van der Waals surface area (Å²) < 4.78 is 30.7. The molecule has 1 aliphatic heterocycles. The summed E-state index contributed by atoms with van der Waals surface area (Å²) in [6, 6.07) is 5.35. The summed E-state index contributed by atoms with van der Waals surface area (Å²) in [7, 11) is 0. The van der Waals surface area contributed by atoms with Crippen molar-refractivity contribution in [3.8, 4) is 17.0 Å². The number of amides is 1. The van der Waals surface area contributed by atoms with E-state index >= 15 is 0 Å². The van der Waals surface area contributed by atoms with Crippen LogP contribution in [0.2, 0.25) is 5.02 Å². The van der Waals surface area contributed by atoms with Crippen LogP contribution in [-0.4, -0.2) is 59.4 Å². The molecule has 1 N–H and O–H groups in total. The largest absolute Gasteiger partial charge is 0.485 e. The molecule has 0 saturated carbocycles. The number of rotatable bonds is 7. The summed E-state index contributed by atoms with van der Waals surface area (Å²) in [5.74, 6) is -1.44. The number of nitrogens with zero attached hydrogens (tertiary/aromatic N) is 2. The van der Waals surface area contributed by atoms with Gasteiger partial charge in [-0.3, -0.25) is 9.78 Å². The highest BCUT2D eigenvalue weighted by Crippen LogP contribution is 2.31. The fourth-order valence-electron chi connectivity index (χ4n) is 2.69. The van der Waals surface area contributed by atoms with Gasteiger partial charge in [-0.1, -0.05) is 11.6 Å². The summed E-state index contributed by atoms with van der Waals surface area (Å²) in [5, 5.41) is 9.45. The zero-order valence-corrected chi connectivity index (χ0v) is 15.5. The Kier molecular flexibility index (Phi) is 6.08. The first-order chi connectivity index (χ1) is 13.4. The van der Waals surface area contributed by atoms with Gasteiger partial charge in [-0.25, -0.2) is 13.6 Å². The van der Waals surface area contributed by atoms with Crippen molar-refractivity contribution < 1.29 is 28.2 Å². The number of pyridine rings is 1. The SMILES string of the molecule is O=C(O)c1cc(OC(CF)CF)cc(-c2ncc(C(=O)N3CCC3)cc2Cl)c1. The van der Waals surface area contributed by atoms with Crippen LogP contribution in [-0.2, 0) is 0 Å². The highest BCUT2D eigenvalue weighted by molar-refractivity contribution is 6.33. The minimum atomic E-state index is -1.34. The molecule has 6 nitrogen and oxygen atoms in total. The molecule has 3 rings (SSSR count). The van der Waals surface area contributed by atoms with E-state index in [0.717, 1.165) is 6.42 Å². The first kappa shape index (κ1) is 20.0. The van der Waals surface area contributed by atoms with Gasteiger partial charge in [0.25, 0.3) is 5.91 Å². The number of carbonyl (C=O) groups excluding carboxylic acids is 1. The Hall–Kier alpha value is -2.74. The molecule has 0 spiro atoms. The lowest BCUT2D eigenvalue weighted by molar-refractivity contribution is 0.0650. The number of carbonyl (C=O) groups is 2. The molecule has 2 aromatic rings. The summed E-state index contributed by atoms with van der Waals surface area (Å²) >= 11 is 6.28. The number of hydrogen-bond acceptors (Lipinski definition) is 4. The van der Waals surface area contributed by atoms with Crippen molar-refractivity contribution in [2.24, 2.45) is 0 Å². The van der Waals surface area contributed by atoms with Crippen molar-refractivity contribution in [1.82, 2.24) is 9.88 Å². The number of carboxylic acids is 1. The number of carboxylic acid groups (broad SMARTS) is 1. The molecular weight excluding hydrogens is 394 g/mol. The van der Waals surface area contributed by atoms with Crippen molar-refractivity contribution >= 4 is 23.5 Å². The molecule has 1 saturated heterocycles. The molecule has 0 radical (unpaired) electrons. The predicted molar refractivity (Wildman–Crippen MR) is 98.5 cm³/mol. The van der Waals surface area contributed by atoms with Gasteiger partial charge in [0.05, 0.1) is 21.8 Å². The van der Waals surface area contributed by atoms with E-state index in [1.807, 2.05) is 0 Å². The van der Waals surface area contributed by atoms with E-state index in [9.17, 15) is 23.5 Å². The third-order valence-electron chi connectivity index (χ3n) is 4.31. The molecule has 2 heterocycles. The first-order valence-corrected chi connectivity index (χ1v) is 8.93. The summed E-state index contributed by atoms with van der Waals surface area (Å²) in [5.41, 5.74) is 0.697. The van der Waals surface area contributed by atoms with Crippen LogP contribution in [0.1, 0.15) is 27.1 Å². The van der Waals surface area contributed by atoms with Crippen LogP contribution < -0.4 is 4.74 Å². The van der Waals surface area contributed by atoms with Gasteiger partial charge < -0.3 is 14.7 Å². The van der Waals surface area contributed by atoms with E-state index in [1.165, 1.54) is 30.5 Å². The number of aromatic nitrogens is 1. The lowest BCUT2D eigenvalue weighted by Gasteiger charge is -2.30. The van der Waals surface area contributed by atoms with Gasteiger partial charge >= 0.3 is 5.97 Å². The Labute approximate surface area is 164 Å². The first-order valence-electron chi connectivity index (χ1n) is 8.55. The Morgan fingerprint density at radius 3 is 2.43 bits per heavy atom. The highest BCUT2D eigenvalue weighted by atomic mass is 35.5. The van der Waals surface area contributed by atoms with Gasteiger partial charge in [0.15, 0.2) is 6.10 Å². The smallest absolute Gasteiger partial charge is 0.335 e. The van der Waals surface area contributed by atoms with Gasteiger partial charge in [0, 0.05) is 24.8 Å². The van der Waals surface area contributed by atoms with Crippen molar-refractivity contribution in [1.29, 1.82) is 0 Å². The Balaban J connectivity index is 1.96. The standard InChI is InChI=1S/C19H17ClF2N2O4/c20-16-7-13(18(25)24-2-1-3-24)10-23-17(16)11-4-12(19(26)27)6-14(5-11)28-15(8-21)9-22/h4-7,10,15H,1-3,8-9H2,(H,26,27). The topological polar surface area (TPSA) is 79.7 Å². The number of benzene rings is 1. The maximum atomic E-state index is 12.8. The number of likely N-dealkylation sites (tertiary alicyclic amines) is 1. The van der Waals surface area contributed by atoms with Gasteiger partial charge in [0.2, 0.25) is 0 Å². The lowest BCUT2D eigenvalue weighted by atomic mass is 10.1. The second-order valence-corrected chi connectivity index (χ2v) is 6.71. The fraction of sp³-hybridized carbons (Fsp3) is 0.316. The molecule has 148 valence electrons. The predicted octanol–water partition coefficient (Wildman–Crippen LogP) is 3.63. The number of hydrogen-bond donors (Lipinski definition) is 1. The maximum absolute atomic E-state index is 12.8. The number of alkyl halides is 2. The summed E-state index contributed by atoms with van der Waals surface area (Å²) in [4.78, 5) is 29.5. The maximum Gasteiger partial charge on any atom is 0.335 e. The van der Waals surface area contributed by atoms with Crippen molar-refractivity contribution in [2.75, 3.05) is 26.4 Å². The zero-order chi connectivity index (χ0) is 20.3. The van der Waals surface area contributed by atoms with Crippen LogP contribution in [0.15, 0.2) is 30.5 Å². The summed E-state index contributed by atoms with van der Waals surface area (Å²) in [6.07, 6.45) is 0.979. The Morgan fingerprint density at radius 1 is 1.18 bits per heavy atom. The van der Waals surface area contributed by atoms with Gasteiger partial charge in [0.1, 0.15) is 19.1 Å². The van der Waals surface area contributed by atoms with Crippen molar-refractivity contribution in [3.05, 3.63) is 46.6 Å². The normalized spacial score (nSPS) is 13.4. The zero-order valence-electron chi connectivity index (χ0n) is 14.7. The average Bonchev–Trinajstić information content (AvgIpc) is 2.64. The lowest BCUT2D eigenvalue weighted by Crippen LogP contribution is -2.42. The number of aromatic carboxylic acids is 1. The van der Waals surface area contributed by atoms with E-state index in [4.69, 9.17) is 16.3 Å². The molecule has 1 aliphatic rings. The quantitative estimate of drug-likeness (QED) is 0.754. The van der Waals surface area contributed by atoms with Gasteiger partial charge in [-0.05, 0) is 30.7 Å². The minimum Gasteiger partial charge on any atom is -0.485 e. The van der Waals surface area contributed by atoms with Crippen LogP contribution in [0.25, 0.3) is 11.3 Å². The van der Waals surface area contributed by atoms with Gasteiger partial charge in [-0.15, -0.1) is 0 Å². The number of halogens is 3. The minimum absolute atomic E-state index is 0.0196. The Bertz CT molecular complexity index is 901. The molecular formula is C19H17ClF2N2O4. The second-order valence-electron chi connectivity index (χ2n) is 6.30. The van der Waals surface area contributed by atoms with Crippen LogP contribution in [0.4, 0.5) is 8.78 Å². The molecule has 1 aromatic carbocycles. The molecule has 1 amide bonds. The third-order valence-corrected chi connectivity index (χ3v) is 4.59. The molecule has 28 heavy (non-hydrogen) atoms.